The number of piperidine rings is 1. The number of thiazole rings is 1. The Balaban J connectivity index is 1.56. The average molecular weight is 275 g/mol. The van der Waals surface area contributed by atoms with E-state index in [4.69, 9.17) is 0 Å². The smallest absolute Gasteiger partial charge is 0.151 e. The lowest BCUT2D eigenvalue weighted by Gasteiger charge is -2.33. The van der Waals surface area contributed by atoms with E-state index in [1.165, 1.54) is 12.8 Å². The first kappa shape index (κ1) is 12.5. The van der Waals surface area contributed by atoms with Crippen LogP contribution in [0.25, 0.3) is 0 Å². The van der Waals surface area contributed by atoms with Gasteiger partial charge in [-0.15, -0.1) is 16.4 Å². The third kappa shape index (κ3) is 3.27. The van der Waals surface area contributed by atoms with E-state index in [1.807, 2.05) is 17.6 Å². The maximum absolute atomic E-state index is 4.30. The topological polar surface area (TPSA) is 53.9 Å². The highest BCUT2D eigenvalue weighted by Crippen LogP contribution is 2.17. The molecular weight excluding hydrogens is 258 g/mol. The Morgan fingerprint density at radius 3 is 3.26 bits per heavy atom. The molecule has 1 saturated heterocycles. The number of nitrogens with zero attached hydrogens (tertiary/aromatic N) is 4. The Labute approximate surface area is 116 Å². The normalized spacial score (nSPS) is 19.6. The van der Waals surface area contributed by atoms with Gasteiger partial charge in [0.25, 0.3) is 0 Å². The summed E-state index contributed by atoms with van der Waals surface area (Å²) in [7, 11) is 0. The highest BCUT2D eigenvalue weighted by molar-refractivity contribution is 7.07. The third-order valence-corrected chi connectivity index (χ3v) is 3.99. The molecule has 1 unspecified atom stereocenters. The van der Waals surface area contributed by atoms with Crippen LogP contribution in [0.15, 0.2) is 29.2 Å². The monoisotopic (exact) mass is 275 g/mol. The highest BCUT2D eigenvalue weighted by Gasteiger charge is 2.20. The molecule has 1 aliphatic heterocycles. The van der Waals surface area contributed by atoms with Crippen LogP contribution in [0.4, 0.5) is 5.82 Å². The molecule has 0 amide bonds. The Hall–Kier alpha value is -1.53. The van der Waals surface area contributed by atoms with Crippen molar-refractivity contribution in [2.45, 2.75) is 25.4 Å². The summed E-state index contributed by atoms with van der Waals surface area (Å²) in [4.78, 5) is 6.60. The molecule has 5 nitrogen and oxygen atoms in total. The highest BCUT2D eigenvalue weighted by atomic mass is 32.1. The Kier molecular flexibility index (Phi) is 4.00. The van der Waals surface area contributed by atoms with E-state index in [0.29, 0.717) is 6.04 Å². The van der Waals surface area contributed by atoms with Gasteiger partial charge in [-0.2, -0.15) is 5.10 Å². The second-order valence-corrected chi connectivity index (χ2v) is 5.45. The van der Waals surface area contributed by atoms with Gasteiger partial charge in [-0.1, -0.05) is 0 Å². The second-order valence-electron chi connectivity index (χ2n) is 4.73. The fraction of sp³-hybridized carbons (Fsp3) is 0.462. The van der Waals surface area contributed by atoms with Gasteiger partial charge in [0.2, 0.25) is 0 Å². The number of anilines is 1. The van der Waals surface area contributed by atoms with Gasteiger partial charge in [-0.3, -0.25) is 0 Å². The Morgan fingerprint density at radius 2 is 2.47 bits per heavy atom. The molecule has 2 aromatic heterocycles. The van der Waals surface area contributed by atoms with E-state index in [1.54, 1.807) is 17.5 Å². The molecule has 6 heteroatoms. The fourth-order valence-electron chi connectivity index (χ4n) is 2.39. The summed E-state index contributed by atoms with van der Waals surface area (Å²) >= 11 is 1.64. The first-order valence-corrected chi connectivity index (χ1v) is 7.49. The van der Waals surface area contributed by atoms with Crippen molar-refractivity contribution in [3.63, 3.8) is 0 Å². The minimum atomic E-state index is 0.498. The van der Waals surface area contributed by atoms with Gasteiger partial charge in [0.05, 0.1) is 11.2 Å². The maximum atomic E-state index is 4.30. The summed E-state index contributed by atoms with van der Waals surface area (Å²) < 4.78 is 0. The first-order chi connectivity index (χ1) is 9.42. The molecule has 100 valence electrons. The molecule has 1 aliphatic rings. The molecule has 0 aliphatic carbocycles. The minimum Gasteiger partial charge on any atom is -0.354 e. The van der Waals surface area contributed by atoms with Gasteiger partial charge in [-0.25, -0.2) is 4.98 Å². The van der Waals surface area contributed by atoms with Crippen LogP contribution in [-0.2, 0) is 6.54 Å². The van der Waals surface area contributed by atoms with E-state index in [0.717, 1.165) is 31.1 Å². The lowest BCUT2D eigenvalue weighted by molar-refractivity contribution is 0.418. The van der Waals surface area contributed by atoms with Crippen LogP contribution < -0.4 is 10.2 Å². The average Bonchev–Trinajstić information content (AvgIpc) is 3.00. The molecule has 1 fully saturated rings. The molecule has 19 heavy (non-hydrogen) atoms. The molecule has 0 bridgehead atoms. The fourth-order valence-corrected chi connectivity index (χ4v) is 2.95. The predicted molar refractivity (Wildman–Crippen MR) is 76.2 cm³/mol. The van der Waals surface area contributed by atoms with Gasteiger partial charge >= 0.3 is 0 Å². The summed E-state index contributed by atoms with van der Waals surface area (Å²) in [6, 6.07) is 4.46. The van der Waals surface area contributed by atoms with Crippen LogP contribution >= 0.6 is 11.3 Å². The Morgan fingerprint density at radius 1 is 1.47 bits per heavy atom. The minimum absolute atomic E-state index is 0.498. The zero-order chi connectivity index (χ0) is 12.9. The van der Waals surface area contributed by atoms with Gasteiger partial charge in [-0.05, 0) is 25.0 Å². The van der Waals surface area contributed by atoms with Crippen molar-refractivity contribution in [2.75, 3.05) is 18.0 Å². The van der Waals surface area contributed by atoms with Crippen LogP contribution in [0.1, 0.15) is 18.5 Å². The van der Waals surface area contributed by atoms with Crippen molar-refractivity contribution >= 4 is 17.2 Å². The summed E-state index contributed by atoms with van der Waals surface area (Å²) in [5, 5.41) is 13.8. The maximum Gasteiger partial charge on any atom is 0.151 e. The number of rotatable bonds is 4. The van der Waals surface area contributed by atoms with E-state index in [9.17, 15) is 0 Å². The lowest BCUT2D eigenvalue weighted by atomic mass is 10.1. The van der Waals surface area contributed by atoms with Crippen molar-refractivity contribution in [3.8, 4) is 0 Å². The van der Waals surface area contributed by atoms with E-state index >= 15 is 0 Å². The zero-order valence-electron chi connectivity index (χ0n) is 10.7. The van der Waals surface area contributed by atoms with Crippen LogP contribution in [0.3, 0.4) is 0 Å². The number of aromatic nitrogens is 3. The molecule has 0 saturated carbocycles. The number of hydrogen-bond acceptors (Lipinski definition) is 6. The van der Waals surface area contributed by atoms with Crippen LogP contribution in [0.2, 0.25) is 0 Å². The van der Waals surface area contributed by atoms with Gasteiger partial charge < -0.3 is 10.2 Å². The summed E-state index contributed by atoms with van der Waals surface area (Å²) in [6.45, 7) is 2.90. The summed E-state index contributed by atoms with van der Waals surface area (Å²) in [5.41, 5.74) is 3.01. The van der Waals surface area contributed by atoms with E-state index < -0.39 is 0 Å². The molecule has 3 heterocycles. The van der Waals surface area contributed by atoms with Crippen molar-refractivity contribution in [3.05, 3.63) is 34.9 Å². The van der Waals surface area contributed by atoms with E-state index in [2.05, 4.69) is 30.8 Å². The summed E-state index contributed by atoms with van der Waals surface area (Å²) in [6.07, 6.45) is 4.11. The molecule has 0 aromatic carbocycles. The van der Waals surface area contributed by atoms with Crippen LogP contribution in [0.5, 0.6) is 0 Å². The predicted octanol–water partition coefficient (Wildman–Crippen LogP) is 1.69. The Bertz CT molecular complexity index is 487. The number of nitrogens with one attached hydrogen (secondary N) is 1. The van der Waals surface area contributed by atoms with Gasteiger partial charge in [0.1, 0.15) is 0 Å². The third-order valence-electron chi connectivity index (χ3n) is 3.36. The first-order valence-electron chi connectivity index (χ1n) is 6.55. The SMILES string of the molecule is c1cnnc(N2CCCC(NCc3cscn3)C2)c1. The molecule has 2 aromatic rings. The molecule has 1 atom stereocenters. The van der Waals surface area contributed by atoms with Gasteiger partial charge in [0.15, 0.2) is 5.82 Å². The molecule has 1 N–H and O–H groups in total. The lowest BCUT2D eigenvalue weighted by Crippen LogP contribution is -2.45. The van der Waals surface area contributed by atoms with Crippen molar-refractivity contribution in [1.29, 1.82) is 0 Å². The van der Waals surface area contributed by atoms with Crippen molar-refractivity contribution in [2.24, 2.45) is 0 Å². The van der Waals surface area contributed by atoms with Crippen LogP contribution in [-0.4, -0.2) is 34.3 Å². The van der Waals surface area contributed by atoms with Gasteiger partial charge in [0, 0.05) is 37.3 Å². The molecule has 0 radical (unpaired) electrons. The van der Waals surface area contributed by atoms with Crippen molar-refractivity contribution in [1.82, 2.24) is 20.5 Å². The second kappa shape index (κ2) is 6.08. The van der Waals surface area contributed by atoms with Crippen molar-refractivity contribution < 1.29 is 0 Å². The zero-order valence-corrected chi connectivity index (χ0v) is 11.5. The van der Waals surface area contributed by atoms with E-state index in [-0.39, 0.29) is 0 Å². The van der Waals surface area contributed by atoms with Crippen LogP contribution in [0, 0.1) is 0 Å². The summed E-state index contributed by atoms with van der Waals surface area (Å²) in [5.74, 6) is 0.975. The molecular formula is C13H17N5S. The largest absolute Gasteiger partial charge is 0.354 e. The number of hydrogen-bond donors (Lipinski definition) is 1. The molecule has 0 spiro atoms. The standard InChI is InChI=1S/C13H17N5S/c1-4-13(17-16-5-1)18-6-2-3-11(8-18)14-7-12-9-19-10-15-12/h1,4-5,9-11,14H,2-3,6-8H2. The molecule has 3 rings (SSSR count). The quantitative estimate of drug-likeness (QED) is 0.920.